The van der Waals surface area contributed by atoms with Crippen molar-refractivity contribution < 1.29 is 24.5 Å². The summed E-state index contributed by atoms with van der Waals surface area (Å²) in [6.07, 6.45) is 0. The Bertz CT molecular complexity index is 797. The number of para-hydroxylation sites is 3. The van der Waals surface area contributed by atoms with Gasteiger partial charge < -0.3 is 25.6 Å². The number of carbonyl (C=O) groups is 2. The van der Waals surface area contributed by atoms with Gasteiger partial charge in [-0.1, -0.05) is 30.3 Å². The fraction of sp³-hybridized carbons (Fsp3) is 0.263. The van der Waals surface area contributed by atoms with Crippen LogP contribution in [-0.4, -0.2) is 34.4 Å². The summed E-state index contributed by atoms with van der Waals surface area (Å²) in [6, 6.07) is 12.0. The molecule has 4 N–H and O–H groups in total. The number of carboxylic acid groups (broad SMARTS) is 1. The number of carboxylic acids is 1. The van der Waals surface area contributed by atoms with Crippen LogP contribution in [0.2, 0.25) is 0 Å². The number of urea groups is 1. The molecule has 26 heavy (non-hydrogen) atoms. The Balaban J connectivity index is 2.12. The Morgan fingerprint density at radius 2 is 1.69 bits per heavy atom. The zero-order valence-electron chi connectivity index (χ0n) is 14.9. The molecule has 0 aliphatic rings. The van der Waals surface area contributed by atoms with Crippen molar-refractivity contribution in [1.29, 1.82) is 0 Å². The second-order valence-corrected chi connectivity index (χ2v) is 6.21. The Morgan fingerprint density at radius 3 is 2.31 bits per heavy atom. The lowest BCUT2D eigenvalue weighted by Crippen LogP contribution is -2.47. The molecule has 0 saturated heterocycles. The highest BCUT2D eigenvalue weighted by Gasteiger charge is 2.30. The van der Waals surface area contributed by atoms with Crippen molar-refractivity contribution in [3.05, 3.63) is 53.6 Å². The number of hydrogen-bond acceptors (Lipinski definition) is 4. The standard InChI is InChI=1S/C19H22N2O5/c1-12-7-6-8-13(2)16(12)26-15-10-5-4-9-14(15)21-18(24)20-11-19(3,25)17(22)23/h4-10,25H,11H2,1-3H3,(H,22,23)(H2,20,21,24). The maximum absolute atomic E-state index is 12.0. The number of hydrogen-bond donors (Lipinski definition) is 4. The van der Waals surface area contributed by atoms with E-state index in [0.717, 1.165) is 18.1 Å². The lowest BCUT2D eigenvalue weighted by atomic mass is 10.1. The van der Waals surface area contributed by atoms with Gasteiger partial charge >= 0.3 is 12.0 Å². The van der Waals surface area contributed by atoms with E-state index in [9.17, 15) is 14.7 Å². The summed E-state index contributed by atoms with van der Waals surface area (Å²) in [7, 11) is 0. The number of rotatable bonds is 6. The van der Waals surface area contributed by atoms with Crippen molar-refractivity contribution in [2.45, 2.75) is 26.4 Å². The molecule has 0 radical (unpaired) electrons. The second kappa shape index (κ2) is 7.88. The van der Waals surface area contributed by atoms with Gasteiger partial charge in [0.1, 0.15) is 5.75 Å². The summed E-state index contributed by atoms with van der Waals surface area (Å²) in [5.41, 5.74) is 0.289. The van der Waals surface area contributed by atoms with Gasteiger partial charge in [-0.2, -0.15) is 0 Å². The van der Waals surface area contributed by atoms with Gasteiger partial charge in [0, 0.05) is 0 Å². The number of aryl methyl sites for hydroxylation is 2. The van der Waals surface area contributed by atoms with Gasteiger partial charge in [0.25, 0.3) is 0 Å². The highest BCUT2D eigenvalue weighted by atomic mass is 16.5. The molecule has 0 aliphatic carbocycles. The molecule has 7 heteroatoms. The van der Waals surface area contributed by atoms with E-state index in [2.05, 4.69) is 10.6 Å². The summed E-state index contributed by atoms with van der Waals surface area (Å²) < 4.78 is 5.97. The normalized spacial score (nSPS) is 12.8. The molecule has 1 atom stereocenters. The molecular weight excluding hydrogens is 336 g/mol. The quantitative estimate of drug-likeness (QED) is 0.635. The van der Waals surface area contributed by atoms with E-state index in [1.807, 2.05) is 32.0 Å². The van der Waals surface area contributed by atoms with E-state index in [4.69, 9.17) is 9.84 Å². The number of nitrogens with one attached hydrogen (secondary N) is 2. The molecule has 0 aromatic heterocycles. The third-order valence-electron chi connectivity index (χ3n) is 3.81. The van der Waals surface area contributed by atoms with Gasteiger partial charge in [-0.05, 0) is 44.0 Å². The number of anilines is 1. The Kier molecular flexibility index (Phi) is 5.84. The molecule has 0 spiro atoms. The van der Waals surface area contributed by atoms with Crippen LogP contribution in [0.1, 0.15) is 18.1 Å². The van der Waals surface area contributed by atoms with Gasteiger partial charge in [0.05, 0.1) is 12.2 Å². The number of benzene rings is 2. The predicted molar refractivity (Wildman–Crippen MR) is 97.7 cm³/mol. The lowest BCUT2D eigenvalue weighted by Gasteiger charge is -2.19. The van der Waals surface area contributed by atoms with E-state index >= 15 is 0 Å². The van der Waals surface area contributed by atoms with Crippen molar-refractivity contribution in [3.8, 4) is 11.5 Å². The Hall–Kier alpha value is -3.06. The van der Waals surface area contributed by atoms with Crippen LogP contribution in [0.4, 0.5) is 10.5 Å². The number of aliphatic hydroxyl groups is 1. The molecule has 0 aliphatic heterocycles. The molecule has 1 unspecified atom stereocenters. The molecule has 0 bridgehead atoms. The average molecular weight is 358 g/mol. The van der Waals surface area contributed by atoms with Crippen LogP contribution in [0.15, 0.2) is 42.5 Å². The zero-order valence-corrected chi connectivity index (χ0v) is 14.9. The smallest absolute Gasteiger partial charge is 0.337 e. The fourth-order valence-electron chi connectivity index (χ4n) is 2.22. The summed E-state index contributed by atoms with van der Waals surface area (Å²) >= 11 is 0. The van der Waals surface area contributed by atoms with Crippen LogP contribution in [0.5, 0.6) is 11.5 Å². The molecule has 0 saturated carbocycles. The van der Waals surface area contributed by atoms with Crippen LogP contribution < -0.4 is 15.4 Å². The van der Waals surface area contributed by atoms with Crippen molar-refractivity contribution >= 4 is 17.7 Å². The molecular formula is C19H22N2O5. The molecule has 2 rings (SSSR count). The van der Waals surface area contributed by atoms with E-state index < -0.39 is 24.1 Å². The predicted octanol–water partition coefficient (Wildman–Crippen LogP) is 3.05. The fourth-order valence-corrected chi connectivity index (χ4v) is 2.22. The van der Waals surface area contributed by atoms with Crippen molar-refractivity contribution in [1.82, 2.24) is 5.32 Å². The summed E-state index contributed by atoms with van der Waals surface area (Å²) in [4.78, 5) is 22.9. The SMILES string of the molecule is Cc1cccc(C)c1Oc1ccccc1NC(=O)NCC(C)(O)C(=O)O. The van der Waals surface area contributed by atoms with Crippen LogP contribution in [0, 0.1) is 13.8 Å². The second-order valence-electron chi connectivity index (χ2n) is 6.21. The lowest BCUT2D eigenvalue weighted by molar-refractivity contribution is -0.155. The molecule has 2 aromatic rings. The van der Waals surface area contributed by atoms with E-state index in [-0.39, 0.29) is 0 Å². The maximum Gasteiger partial charge on any atom is 0.337 e. The first-order valence-electron chi connectivity index (χ1n) is 8.04. The molecule has 0 heterocycles. The summed E-state index contributed by atoms with van der Waals surface area (Å²) in [6.45, 7) is 4.53. The van der Waals surface area contributed by atoms with Gasteiger partial charge in [0.2, 0.25) is 0 Å². The van der Waals surface area contributed by atoms with Crippen LogP contribution >= 0.6 is 0 Å². The largest absolute Gasteiger partial charge is 0.479 e. The molecule has 2 aromatic carbocycles. The third kappa shape index (κ3) is 4.73. The third-order valence-corrected chi connectivity index (χ3v) is 3.81. The minimum Gasteiger partial charge on any atom is -0.479 e. The van der Waals surface area contributed by atoms with Gasteiger partial charge in [0.15, 0.2) is 11.4 Å². The van der Waals surface area contributed by atoms with Gasteiger partial charge in [-0.15, -0.1) is 0 Å². The monoisotopic (exact) mass is 358 g/mol. The molecule has 2 amide bonds. The van der Waals surface area contributed by atoms with Crippen molar-refractivity contribution in [3.63, 3.8) is 0 Å². The van der Waals surface area contributed by atoms with Crippen LogP contribution in [0.25, 0.3) is 0 Å². The highest BCUT2D eigenvalue weighted by molar-refractivity contribution is 5.91. The Labute approximate surface area is 151 Å². The minimum atomic E-state index is -2.05. The van der Waals surface area contributed by atoms with Gasteiger partial charge in [-0.25, -0.2) is 9.59 Å². The molecule has 0 fully saturated rings. The van der Waals surface area contributed by atoms with E-state index in [0.29, 0.717) is 17.2 Å². The number of amides is 2. The maximum atomic E-state index is 12.0. The van der Waals surface area contributed by atoms with Crippen molar-refractivity contribution in [2.75, 3.05) is 11.9 Å². The first-order valence-corrected chi connectivity index (χ1v) is 8.04. The number of carbonyl (C=O) groups excluding carboxylic acids is 1. The summed E-state index contributed by atoms with van der Waals surface area (Å²) in [5, 5.41) is 23.4. The highest BCUT2D eigenvalue weighted by Crippen LogP contribution is 2.33. The van der Waals surface area contributed by atoms with Crippen LogP contribution in [-0.2, 0) is 4.79 Å². The zero-order chi connectivity index (χ0) is 19.3. The first kappa shape index (κ1) is 19.3. The van der Waals surface area contributed by atoms with Crippen LogP contribution in [0.3, 0.4) is 0 Å². The number of aliphatic carboxylic acids is 1. The first-order chi connectivity index (χ1) is 12.2. The topological polar surface area (TPSA) is 108 Å². The average Bonchev–Trinajstić information content (AvgIpc) is 2.58. The molecule has 7 nitrogen and oxygen atoms in total. The van der Waals surface area contributed by atoms with Crippen molar-refractivity contribution in [2.24, 2.45) is 0 Å². The van der Waals surface area contributed by atoms with E-state index in [1.165, 1.54) is 0 Å². The molecule has 138 valence electrons. The van der Waals surface area contributed by atoms with E-state index in [1.54, 1.807) is 24.3 Å². The minimum absolute atomic E-state index is 0.419. The number of ether oxygens (including phenoxy) is 1. The Morgan fingerprint density at radius 1 is 1.08 bits per heavy atom. The summed E-state index contributed by atoms with van der Waals surface area (Å²) in [5.74, 6) is -0.266. The van der Waals surface area contributed by atoms with Gasteiger partial charge in [-0.3, -0.25) is 0 Å².